The van der Waals surface area contributed by atoms with Gasteiger partial charge in [-0.3, -0.25) is 5.10 Å². The second-order valence-corrected chi connectivity index (χ2v) is 6.74. The number of ether oxygens (including phenoxy) is 1. The zero-order chi connectivity index (χ0) is 15.2. The lowest BCUT2D eigenvalue weighted by Crippen LogP contribution is -2.27. The molecule has 1 rings (SSSR count). The van der Waals surface area contributed by atoms with Crippen LogP contribution in [-0.4, -0.2) is 38.4 Å². The molecule has 0 aliphatic rings. The topological polar surface area (TPSA) is 110 Å². The molecule has 0 saturated heterocycles. The Bertz CT molecular complexity index is 511. The van der Waals surface area contributed by atoms with Gasteiger partial charge in [-0.15, -0.1) is 0 Å². The van der Waals surface area contributed by atoms with Crippen molar-refractivity contribution < 1.29 is 13.2 Å². The highest BCUT2D eigenvalue weighted by Crippen LogP contribution is 2.14. The predicted octanol–water partition coefficient (Wildman–Crippen LogP) is 0.518. The molecule has 116 valence electrons. The Kier molecular flexibility index (Phi) is 6.60. The van der Waals surface area contributed by atoms with Crippen LogP contribution in [0.5, 0.6) is 0 Å². The van der Waals surface area contributed by atoms with Crippen molar-refractivity contribution in [2.75, 3.05) is 19.8 Å². The van der Waals surface area contributed by atoms with Gasteiger partial charge in [-0.25, -0.2) is 13.1 Å². The van der Waals surface area contributed by atoms with Gasteiger partial charge in [0.05, 0.1) is 0 Å². The zero-order valence-electron chi connectivity index (χ0n) is 12.3. The third-order valence-corrected chi connectivity index (χ3v) is 4.13. The number of aromatic nitrogens is 2. The van der Waals surface area contributed by atoms with E-state index in [0.29, 0.717) is 43.4 Å². The van der Waals surface area contributed by atoms with Gasteiger partial charge in [-0.1, -0.05) is 13.8 Å². The molecule has 1 aromatic heterocycles. The predicted molar refractivity (Wildman–Crippen MR) is 76.7 cm³/mol. The van der Waals surface area contributed by atoms with Crippen LogP contribution < -0.4 is 10.5 Å². The minimum atomic E-state index is -3.61. The van der Waals surface area contributed by atoms with E-state index in [-0.39, 0.29) is 11.6 Å². The molecule has 0 amide bonds. The number of nitrogens with two attached hydrogens (primary N) is 1. The molecule has 0 radical (unpaired) electrons. The summed E-state index contributed by atoms with van der Waals surface area (Å²) in [6, 6.07) is 0. The van der Waals surface area contributed by atoms with Crippen molar-refractivity contribution in [2.24, 2.45) is 11.7 Å². The standard InChI is InChI=1S/C12H24N4O3S/c1-9(2)8-19-6-4-5-14-20(17,18)12-11(7-13)10(3)15-16-12/h9,14H,4-8,13H2,1-3H3,(H,15,16). The molecule has 1 heterocycles. The summed E-state index contributed by atoms with van der Waals surface area (Å²) in [6.45, 7) is 7.54. The van der Waals surface area contributed by atoms with E-state index in [1.165, 1.54) is 0 Å². The van der Waals surface area contributed by atoms with E-state index in [4.69, 9.17) is 10.5 Å². The van der Waals surface area contributed by atoms with Crippen molar-refractivity contribution >= 4 is 10.0 Å². The maximum Gasteiger partial charge on any atom is 0.260 e. The first-order valence-corrected chi connectivity index (χ1v) is 8.18. The van der Waals surface area contributed by atoms with Crippen LogP contribution in [0.2, 0.25) is 0 Å². The maximum atomic E-state index is 12.1. The molecule has 7 nitrogen and oxygen atoms in total. The lowest BCUT2D eigenvalue weighted by atomic mass is 10.2. The van der Waals surface area contributed by atoms with Crippen LogP contribution in [0.15, 0.2) is 5.03 Å². The third kappa shape index (κ3) is 4.86. The van der Waals surface area contributed by atoms with E-state index in [9.17, 15) is 8.42 Å². The van der Waals surface area contributed by atoms with Gasteiger partial charge < -0.3 is 10.5 Å². The number of sulfonamides is 1. The van der Waals surface area contributed by atoms with E-state index in [2.05, 4.69) is 28.8 Å². The van der Waals surface area contributed by atoms with Crippen LogP contribution in [0.25, 0.3) is 0 Å². The number of aromatic amines is 1. The Morgan fingerprint density at radius 1 is 1.45 bits per heavy atom. The van der Waals surface area contributed by atoms with Gasteiger partial charge in [-0.2, -0.15) is 5.10 Å². The van der Waals surface area contributed by atoms with Crippen molar-refractivity contribution in [3.63, 3.8) is 0 Å². The molecule has 4 N–H and O–H groups in total. The summed E-state index contributed by atoms with van der Waals surface area (Å²) in [5.41, 5.74) is 6.74. The molecule has 0 saturated carbocycles. The quantitative estimate of drug-likeness (QED) is 0.576. The second kappa shape index (κ2) is 7.72. The van der Waals surface area contributed by atoms with Crippen LogP contribution in [0.3, 0.4) is 0 Å². The van der Waals surface area contributed by atoms with E-state index in [1.54, 1.807) is 6.92 Å². The van der Waals surface area contributed by atoms with Gasteiger partial charge in [-0.05, 0) is 19.3 Å². The largest absolute Gasteiger partial charge is 0.381 e. The number of nitrogens with zero attached hydrogens (tertiary/aromatic N) is 1. The van der Waals surface area contributed by atoms with Crippen LogP contribution in [0.1, 0.15) is 31.5 Å². The van der Waals surface area contributed by atoms with Crippen molar-refractivity contribution in [3.8, 4) is 0 Å². The molecule has 0 aromatic carbocycles. The highest BCUT2D eigenvalue weighted by molar-refractivity contribution is 7.89. The minimum Gasteiger partial charge on any atom is -0.381 e. The highest BCUT2D eigenvalue weighted by Gasteiger charge is 2.22. The highest BCUT2D eigenvalue weighted by atomic mass is 32.2. The summed E-state index contributed by atoms with van der Waals surface area (Å²) in [5, 5.41) is 6.44. The molecule has 0 bridgehead atoms. The van der Waals surface area contributed by atoms with Crippen LogP contribution in [0.4, 0.5) is 0 Å². The summed E-state index contributed by atoms with van der Waals surface area (Å²) in [6.07, 6.45) is 0.618. The lowest BCUT2D eigenvalue weighted by Gasteiger charge is -2.08. The average Bonchev–Trinajstić information content (AvgIpc) is 2.75. The van der Waals surface area contributed by atoms with Gasteiger partial charge in [0.25, 0.3) is 10.0 Å². The number of H-pyrrole nitrogens is 1. The molecule has 20 heavy (non-hydrogen) atoms. The SMILES string of the molecule is Cc1[nH]nc(S(=O)(=O)NCCCOCC(C)C)c1CN. The van der Waals surface area contributed by atoms with Crippen LogP contribution in [-0.2, 0) is 21.3 Å². The van der Waals surface area contributed by atoms with Gasteiger partial charge >= 0.3 is 0 Å². The lowest BCUT2D eigenvalue weighted by molar-refractivity contribution is 0.108. The van der Waals surface area contributed by atoms with Crippen LogP contribution in [0, 0.1) is 12.8 Å². The number of aryl methyl sites for hydroxylation is 1. The molecule has 0 aliphatic carbocycles. The summed E-state index contributed by atoms with van der Waals surface area (Å²) >= 11 is 0. The van der Waals surface area contributed by atoms with Gasteiger partial charge in [0.2, 0.25) is 0 Å². The second-order valence-electron chi connectivity index (χ2n) is 5.06. The first-order chi connectivity index (χ1) is 9.38. The summed E-state index contributed by atoms with van der Waals surface area (Å²) in [4.78, 5) is 0. The van der Waals surface area contributed by atoms with Gasteiger partial charge in [0.1, 0.15) is 0 Å². The van der Waals surface area contributed by atoms with E-state index >= 15 is 0 Å². The maximum absolute atomic E-state index is 12.1. The average molecular weight is 304 g/mol. The number of hydrogen-bond donors (Lipinski definition) is 3. The Balaban J connectivity index is 2.46. The van der Waals surface area contributed by atoms with E-state index in [0.717, 1.165) is 0 Å². The summed E-state index contributed by atoms with van der Waals surface area (Å²) in [7, 11) is -3.61. The zero-order valence-corrected chi connectivity index (χ0v) is 13.1. The van der Waals surface area contributed by atoms with Crippen molar-refractivity contribution in [1.29, 1.82) is 0 Å². The van der Waals surface area contributed by atoms with Crippen LogP contribution >= 0.6 is 0 Å². The normalized spacial score (nSPS) is 12.2. The van der Waals surface area contributed by atoms with Crippen molar-refractivity contribution in [2.45, 2.75) is 38.8 Å². The number of hydrogen-bond acceptors (Lipinski definition) is 5. The third-order valence-electron chi connectivity index (χ3n) is 2.70. The fraction of sp³-hybridized carbons (Fsp3) is 0.750. The number of nitrogens with one attached hydrogen (secondary N) is 2. The first-order valence-electron chi connectivity index (χ1n) is 6.69. The van der Waals surface area contributed by atoms with E-state index < -0.39 is 10.0 Å². The molecular weight excluding hydrogens is 280 g/mol. The van der Waals surface area contributed by atoms with E-state index in [1.807, 2.05) is 0 Å². The molecule has 0 aliphatic heterocycles. The van der Waals surface area contributed by atoms with Crippen molar-refractivity contribution in [3.05, 3.63) is 11.3 Å². The van der Waals surface area contributed by atoms with Gasteiger partial charge in [0, 0.05) is 37.6 Å². The van der Waals surface area contributed by atoms with Crippen molar-refractivity contribution in [1.82, 2.24) is 14.9 Å². The molecule has 8 heteroatoms. The minimum absolute atomic E-state index is 0.0133. The Morgan fingerprint density at radius 2 is 2.15 bits per heavy atom. The fourth-order valence-electron chi connectivity index (χ4n) is 1.66. The first kappa shape index (κ1) is 17.1. The van der Waals surface area contributed by atoms with Gasteiger partial charge in [0.15, 0.2) is 5.03 Å². The molecule has 0 unspecified atom stereocenters. The molecule has 0 atom stereocenters. The molecule has 0 fully saturated rings. The Labute approximate surface area is 120 Å². The molecular formula is C12H24N4O3S. The fourth-order valence-corrected chi connectivity index (χ4v) is 2.94. The Hall–Kier alpha value is -0.960. The molecule has 1 aromatic rings. The summed E-state index contributed by atoms with van der Waals surface area (Å²) in [5.74, 6) is 0.478. The molecule has 0 spiro atoms. The summed E-state index contributed by atoms with van der Waals surface area (Å²) < 4.78 is 32.0. The smallest absolute Gasteiger partial charge is 0.260 e. The Morgan fingerprint density at radius 3 is 2.75 bits per heavy atom. The monoisotopic (exact) mass is 304 g/mol. The number of rotatable bonds is 9.